The maximum Gasteiger partial charge on any atom is 0.178 e. The van der Waals surface area contributed by atoms with E-state index in [9.17, 15) is 4.79 Å². The Balaban J connectivity index is 2.34. The smallest absolute Gasteiger partial charge is 0.178 e. The van der Waals surface area contributed by atoms with Gasteiger partial charge in [0.25, 0.3) is 0 Å². The summed E-state index contributed by atoms with van der Waals surface area (Å²) in [5.74, 6) is 2.54. The maximum absolute atomic E-state index is 12.6. The molecule has 1 aromatic rings. The third kappa shape index (κ3) is 2.48. The Kier molecular flexibility index (Phi) is 3.85. The summed E-state index contributed by atoms with van der Waals surface area (Å²) in [5.41, 5.74) is 0.670. The minimum atomic E-state index is -0.294. The lowest BCUT2D eigenvalue weighted by atomic mass is 9.94. The molecule has 1 unspecified atom stereocenters. The zero-order chi connectivity index (χ0) is 13.2. The lowest BCUT2D eigenvalue weighted by molar-refractivity contribution is 0.0948. The molecule has 1 fully saturated rings. The molecule has 0 aliphatic carbocycles. The van der Waals surface area contributed by atoms with E-state index in [1.165, 1.54) is 0 Å². The van der Waals surface area contributed by atoms with Crippen LogP contribution in [0, 0.1) is 0 Å². The number of hydrogen-bond donors (Lipinski definition) is 0. The highest BCUT2D eigenvalue weighted by Crippen LogP contribution is 2.41. The maximum atomic E-state index is 12.6. The van der Waals surface area contributed by atoms with Gasteiger partial charge in [-0.1, -0.05) is 0 Å². The summed E-state index contributed by atoms with van der Waals surface area (Å²) in [7, 11) is 3.18. The molecule has 0 bridgehead atoms. The largest absolute Gasteiger partial charge is 0.497 e. The minimum Gasteiger partial charge on any atom is -0.497 e. The Morgan fingerprint density at radius 2 is 1.83 bits per heavy atom. The van der Waals surface area contributed by atoms with E-state index < -0.39 is 0 Å². The molecule has 0 radical (unpaired) electrons. The number of ether oxygens (including phenoxy) is 2. The van der Waals surface area contributed by atoms with Crippen molar-refractivity contribution < 1.29 is 14.3 Å². The molecule has 0 amide bonds. The molecule has 0 saturated carbocycles. The van der Waals surface area contributed by atoms with Gasteiger partial charge in [0.05, 0.1) is 19.0 Å². The van der Waals surface area contributed by atoms with E-state index >= 15 is 0 Å². The molecule has 0 spiro atoms. The standard InChI is InChI=1S/C14H18O3S/c1-14(5-4-6-18-14)13(15)10-7-11(16-2)9-12(8-10)17-3/h7-9H,4-6H2,1-3H3. The van der Waals surface area contributed by atoms with Crippen LogP contribution in [0.2, 0.25) is 0 Å². The Bertz CT molecular complexity index is 428. The first kappa shape index (κ1) is 13.3. The number of carbonyl (C=O) groups is 1. The summed E-state index contributed by atoms with van der Waals surface area (Å²) in [6.45, 7) is 2.03. The number of rotatable bonds is 4. The lowest BCUT2D eigenvalue weighted by Gasteiger charge is -2.21. The number of carbonyl (C=O) groups excluding carboxylic acids is 1. The highest BCUT2D eigenvalue weighted by Gasteiger charge is 2.37. The van der Waals surface area contributed by atoms with E-state index in [1.807, 2.05) is 6.92 Å². The number of ketones is 1. The van der Waals surface area contributed by atoms with E-state index in [-0.39, 0.29) is 10.5 Å². The van der Waals surface area contributed by atoms with Crippen LogP contribution in [0.15, 0.2) is 18.2 Å². The second-order valence-electron chi connectivity index (χ2n) is 4.61. The predicted molar refractivity (Wildman–Crippen MR) is 74.0 cm³/mol. The summed E-state index contributed by atoms with van der Waals surface area (Å²) in [5, 5.41) is 0. The van der Waals surface area contributed by atoms with Crippen LogP contribution in [-0.4, -0.2) is 30.5 Å². The number of hydrogen-bond acceptors (Lipinski definition) is 4. The summed E-state index contributed by atoms with van der Waals surface area (Å²) >= 11 is 1.74. The van der Waals surface area contributed by atoms with Gasteiger partial charge in [0, 0.05) is 11.6 Å². The molecule has 0 aromatic heterocycles. The van der Waals surface area contributed by atoms with Crippen LogP contribution in [-0.2, 0) is 0 Å². The fourth-order valence-electron chi connectivity index (χ4n) is 2.20. The van der Waals surface area contributed by atoms with Gasteiger partial charge in [0.15, 0.2) is 5.78 Å². The third-order valence-electron chi connectivity index (χ3n) is 3.31. The fourth-order valence-corrected chi connectivity index (χ4v) is 3.48. The van der Waals surface area contributed by atoms with Crippen molar-refractivity contribution in [1.29, 1.82) is 0 Å². The van der Waals surface area contributed by atoms with E-state index in [4.69, 9.17) is 9.47 Å². The Hall–Kier alpha value is -1.16. The molecule has 1 aromatic carbocycles. The van der Waals surface area contributed by atoms with Crippen LogP contribution in [0.3, 0.4) is 0 Å². The van der Waals surface area contributed by atoms with Crippen molar-refractivity contribution >= 4 is 17.5 Å². The molecular weight excluding hydrogens is 248 g/mol. The molecule has 0 N–H and O–H groups in total. The van der Waals surface area contributed by atoms with Crippen LogP contribution in [0.4, 0.5) is 0 Å². The van der Waals surface area contributed by atoms with Gasteiger partial charge in [-0.3, -0.25) is 4.79 Å². The second kappa shape index (κ2) is 5.22. The molecule has 1 atom stereocenters. The molecule has 3 nitrogen and oxygen atoms in total. The fraction of sp³-hybridized carbons (Fsp3) is 0.500. The number of benzene rings is 1. The van der Waals surface area contributed by atoms with Gasteiger partial charge in [-0.2, -0.15) is 0 Å². The average molecular weight is 266 g/mol. The molecule has 2 rings (SSSR count). The quantitative estimate of drug-likeness (QED) is 0.784. The van der Waals surface area contributed by atoms with Crippen molar-refractivity contribution in [3.63, 3.8) is 0 Å². The van der Waals surface area contributed by atoms with Gasteiger partial charge in [-0.25, -0.2) is 0 Å². The third-order valence-corrected chi connectivity index (χ3v) is 4.83. The molecule has 1 aliphatic rings. The first-order valence-corrected chi connectivity index (χ1v) is 6.99. The monoisotopic (exact) mass is 266 g/mol. The van der Waals surface area contributed by atoms with Crippen molar-refractivity contribution in [3.05, 3.63) is 23.8 Å². The van der Waals surface area contributed by atoms with Crippen molar-refractivity contribution in [1.82, 2.24) is 0 Å². The van der Waals surface area contributed by atoms with Crippen LogP contribution in [0.1, 0.15) is 30.1 Å². The molecule has 98 valence electrons. The Morgan fingerprint density at radius 3 is 2.28 bits per heavy atom. The van der Waals surface area contributed by atoms with E-state index in [2.05, 4.69) is 0 Å². The SMILES string of the molecule is COc1cc(OC)cc(C(=O)C2(C)CCCS2)c1. The van der Waals surface area contributed by atoms with Gasteiger partial charge in [-0.15, -0.1) is 11.8 Å². The molecular formula is C14H18O3S. The van der Waals surface area contributed by atoms with Crippen LogP contribution in [0.25, 0.3) is 0 Å². The first-order valence-electron chi connectivity index (χ1n) is 6.01. The van der Waals surface area contributed by atoms with Crippen molar-refractivity contribution in [3.8, 4) is 11.5 Å². The van der Waals surface area contributed by atoms with Gasteiger partial charge in [0.1, 0.15) is 11.5 Å². The summed E-state index contributed by atoms with van der Waals surface area (Å²) in [6, 6.07) is 5.35. The van der Waals surface area contributed by atoms with Crippen molar-refractivity contribution in [2.24, 2.45) is 0 Å². The van der Waals surface area contributed by atoms with E-state index in [1.54, 1.807) is 44.2 Å². The Morgan fingerprint density at radius 1 is 1.22 bits per heavy atom. The Labute approximate surface area is 112 Å². The minimum absolute atomic E-state index is 0.169. The molecule has 1 aliphatic heterocycles. The topological polar surface area (TPSA) is 35.5 Å². The second-order valence-corrected chi connectivity index (χ2v) is 6.21. The summed E-state index contributed by atoms with van der Waals surface area (Å²) in [4.78, 5) is 12.6. The molecule has 1 heterocycles. The lowest BCUT2D eigenvalue weighted by Crippen LogP contribution is -2.28. The van der Waals surface area contributed by atoms with E-state index in [0.717, 1.165) is 18.6 Å². The van der Waals surface area contributed by atoms with Gasteiger partial charge < -0.3 is 9.47 Å². The first-order chi connectivity index (χ1) is 8.59. The highest BCUT2D eigenvalue weighted by molar-refractivity contribution is 8.01. The zero-order valence-corrected chi connectivity index (χ0v) is 11.8. The summed E-state index contributed by atoms with van der Waals surface area (Å²) in [6.07, 6.45) is 2.05. The zero-order valence-electron chi connectivity index (χ0n) is 11.0. The highest BCUT2D eigenvalue weighted by atomic mass is 32.2. The number of thioether (sulfide) groups is 1. The van der Waals surface area contributed by atoms with Crippen molar-refractivity contribution in [2.45, 2.75) is 24.5 Å². The van der Waals surface area contributed by atoms with E-state index in [0.29, 0.717) is 17.1 Å². The molecule has 1 saturated heterocycles. The van der Waals surface area contributed by atoms with Gasteiger partial charge >= 0.3 is 0 Å². The van der Waals surface area contributed by atoms with Crippen LogP contribution < -0.4 is 9.47 Å². The van der Waals surface area contributed by atoms with Crippen LogP contribution >= 0.6 is 11.8 Å². The average Bonchev–Trinajstić information content (AvgIpc) is 2.85. The van der Waals surface area contributed by atoms with Crippen LogP contribution in [0.5, 0.6) is 11.5 Å². The van der Waals surface area contributed by atoms with Gasteiger partial charge in [-0.05, 0) is 37.7 Å². The van der Waals surface area contributed by atoms with Crippen molar-refractivity contribution in [2.75, 3.05) is 20.0 Å². The number of methoxy groups -OCH3 is 2. The summed E-state index contributed by atoms with van der Waals surface area (Å²) < 4.78 is 10.1. The molecule has 18 heavy (non-hydrogen) atoms. The predicted octanol–water partition coefficient (Wildman–Crippen LogP) is 3.17. The molecule has 4 heteroatoms. The normalized spacial score (nSPS) is 22.8. The van der Waals surface area contributed by atoms with Gasteiger partial charge in [0.2, 0.25) is 0 Å². The number of Topliss-reactive ketones (excluding diaryl/α,β-unsaturated/α-hetero) is 1.